The molecule has 1 aliphatic rings. The van der Waals surface area contributed by atoms with Crippen LogP contribution in [0.3, 0.4) is 0 Å². The van der Waals surface area contributed by atoms with Gasteiger partial charge in [-0.1, -0.05) is 17.3 Å². The maximum absolute atomic E-state index is 13.0. The zero-order valence-corrected chi connectivity index (χ0v) is 15.8. The van der Waals surface area contributed by atoms with Crippen LogP contribution in [0.2, 0.25) is 0 Å². The van der Waals surface area contributed by atoms with Crippen LogP contribution in [0, 0.1) is 6.92 Å². The Morgan fingerprint density at radius 1 is 1.19 bits per heavy atom. The molecule has 7 nitrogen and oxygen atoms in total. The maximum atomic E-state index is 13.0. The van der Waals surface area contributed by atoms with Gasteiger partial charge in [-0.15, -0.1) is 0 Å². The summed E-state index contributed by atoms with van der Waals surface area (Å²) in [6.07, 6.45) is 0.739. The van der Waals surface area contributed by atoms with Gasteiger partial charge in [-0.3, -0.25) is 9.69 Å². The summed E-state index contributed by atoms with van der Waals surface area (Å²) in [6, 6.07) is 8.14. The molecule has 0 amide bonds. The number of hydrogen-bond donors (Lipinski definition) is 0. The molecule has 1 aromatic carbocycles. The number of aromatic nitrogens is 1. The SMILES string of the molecule is CC(=O)c1cccc(S(=O)(=O)N2CCCN(Cc3cc(C)on3)CC2)c1. The Kier molecular flexibility index (Phi) is 5.55. The van der Waals surface area contributed by atoms with Gasteiger partial charge < -0.3 is 4.52 Å². The second-order valence-electron chi connectivity index (χ2n) is 6.55. The minimum atomic E-state index is -3.61. The van der Waals surface area contributed by atoms with Gasteiger partial charge in [-0.05, 0) is 38.9 Å². The van der Waals surface area contributed by atoms with Gasteiger partial charge in [0, 0.05) is 37.8 Å². The van der Waals surface area contributed by atoms with Gasteiger partial charge in [-0.25, -0.2) is 8.42 Å². The summed E-state index contributed by atoms with van der Waals surface area (Å²) in [7, 11) is -3.61. The second kappa shape index (κ2) is 7.69. The van der Waals surface area contributed by atoms with Crippen LogP contribution >= 0.6 is 0 Å². The van der Waals surface area contributed by atoms with Crippen molar-refractivity contribution in [3.8, 4) is 0 Å². The first-order valence-electron chi connectivity index (χ1n) is 8.62. The van der Waals surface area contributed by atoms with Gasteiger partial charge >= 0.3 is 0 Å². The van der Waals surface area contributed by atoms with Crippen molar-refractivity contribution in [2.45, 2.75) is 31.7 Å². The quantitative estimate of drug-likeness (QED) is 0.742. The van der Waals surface area contributed by atoms with Crippen molar-refractivity contribution in [1.82, 2.24) is 14.4 Å². The normalized spacial score (nSPS) is 17.2. The average molecular weight is 377 g/mol. The Morgan fingerprint density at radius 3 is 2.69 bits per heavy atom. The van der Waals surface area contributed by atoms with E-state index < -0.39 is 10.0 Å². The molecule has 0 N–H and O–H groups in total. The average Bonchev–Trinajstić information content (AvgIpc) is 2.87. The van der Waals surface area contributed by atoms with Crippen LogP contribution in [0.15, 0.2) is 39.8 Å². The van der Waals surface area contributed by atoms with E-state index in [0.29, 0.717) is 31.7 Å². The van der Waals surface area contributed by atoms with Crippen molar-refractivity contribution in [2.24, 2.45) is 0 Å². The van der Waals surface area contributed by atoms with E-state index in [2.05, 4.69) is 10.1 Å². The minimum absolute atomic E-state index is 0.146. The number of benzene rings is 1. The molecule has 3 rings (SSSR count). The number of carbonyl (C=O) groups is 1. The molecular formula is C18H23N3O4S. The molecule has 140 valence electrons. The summed E-state index contributed by atoms with van der Waals surface area (Å²) in [5.74, 6) is 0.622. The molecule has 0 radical (unpaired) electrons. The van der Waals surface area contributed by atoms with Gasteiger partial charge in [-0.2, -0.15) is 4.31 Å². The number of Topliss-reactive ketones (excluding diaryl/α,β-unsaturated/α-hetero) is 1. The maximum Gasteiger partial charge on any atom is 0.243 e. The fourth-order valence-corrected chi connectivity index (χ4v) is 4.61. The molecule has 1 aromatic heterocycles. The van der Waals surface area contributed by atoms with Crippen molar-refractivity contribution in [3.63, 3.8) is 0 Å². The first-order valence-corrected chi connectivity index (χ1v) is 10.1. The minimum Gasteiger partial charge on any atom is -0.361 e. The molecule has 0 atom stereocenters. The number of aryl methyl sites for hydroxylation is 1. The van der Waals surface area contributed by atoms with Gasteiger partial charge in [0.05, 0.1) is 10.6 Å². The zero-order valence-electron chi connectivity index (χ0n) is 15.0. The van der Waals surface area contributed by atoms with Crippen molar-refractivity contribution < 1.29 is 17.7 Å². The molecule has 8 heteroatoms. The second-order valence-corrected chi connectivity index (χ2v) is 8.48. The van der Waals surface area contributed by atoms with E-state index in [1.165, 1.54) is 17.3 Å². The van der Waals surface area contributed by atoms with Gasteiger partial charge in [0.1, 0.15) is 5.76 Å². The monoisotopic (exact) mass is 377 g/mol. The zero-order chi connectivity index (χ0) is 18.7. The number of hydrogen-bond acceptors (Lipinski definition) is 6. The van der Waals surface area contributed by atoms with Crippen LogP contribution in [-0.4, -0.2) is 54.7 Å². The van der Waals surface area contributed by atoms with Crippen LogP contribution in [-0.2, 0) is 16.6 Å². The first-order chi connectivity index (χ1) is 12.4. The predicted molar refractivity (Wildman–Crippen MR) is 96.3 cm³/mol. The number of ketones is 1. The van der Waals surface area contributed by atoms with Crippen LogP contribution in [0.5, 0.6) is 0 Å². The fraction of sp³-hybridized carbons (Fsp3) is 0.444. The van der Waals surface area contributed by atoms with E-state index in [9.17, 15) is 13.2 Å². The molecule has 0 unspecified atom stereocenters. The third kappa shape index (κ3) is 4.20. The molecule has 2 heterocycles. The highest BCUT2D eigenvalue weighted by Crippen LogP contribution is 2.20. The third-order valence-electron chi connectivity index (χ3n) is 4.49. The van der Waals surface area contributed by atoms with E-state index in [0.717, 1.165) is 24.4 Å². The highest BCUT2D eigenvalue weighted by Gasteiger charge is 2.27. The van der Waals surface area contributed by atoms with Gasteiger partial charge in [0.2, 0.25) is 10.0 Å². The van der Waals surface area contributed by atoms with E-state index >= 15 is 0 Å². The summed E-state index contributed by atoms with van der Waals surface area (Å²) in [5, 5.41) is 4.00. The fourth-order valence-electron chi connectivity index (χ4n) is 3.09. The first kappa shape index (κ1) is 18.8. The molecule has 0 bridgehead atoms. The summed E-state index contributed by atoms with van der Waals surface area (Å²) >= 11 is 0. The Morgan fingerprint density at radius 2 is 2.00 bits per heavy atom. The largest absolute Gasteiger partial charge is 0.361 e. The summed E-state index contributed by atoms with van der Waals surface area (Å²) in [5.41, 5.74) is 1.26. The van der Waals surface area contributed by atoms with Crippen molar-refractivity contribution in [1.29, 1.82) is 0 Å². The van der Waals surface area contributed by atoms with Crippen molar-refractivity contribution in [3.05, 3.63) is 47.3 Å². The van der Waals surface area contributed by atoms with E-state index in [1.54, 1.807) is 18.2 Å². The summed E-state index contributed by atoms with van der Waals surface area (Å²) in [4.78, 5) is 13.9. The third-order valence-corrected chi connectivity index (χ3v) is 6.38. The molecule has 1 saturated heterocycles. The molecule has 2 aromatic rings. The van der Waals surface area contributed by atoms with Gasteiger partial charge in [0.25, 0.3) is 0 Å². The lowest BCUT2D eigenvalue weighted by Crippen LogP contribution is -2.35. The highest BCUT2D eigenvalue weighted by atomic mass is 32.2. The topological polar surface area (TPSA) is 83.7 Å². The molecule has 0 aliphatic carbocycles. The lowest BCUT2D eigenvalue weighted by Gasteiger charge is -2.21. The molecule has 0 saturated carbocycles. The smallest absolute Gasteiger partial charge is 0.243 e. The standard InChI is InChI=1S/C18H23N3O4S/c1-14-11-17(19-25-14)13-20-7-4-8-21(10-9-20)26(23,24)18-6-3-5-16(12-18)15(2)22/h3,5-6,11-12H,4,7-10,13H2,1-2H3. The molecule has 26 heavy (non-hydrogen) atoms. The molecule has 1 fully saturated rings. The van der Waals surface area contributed by atoms with Crippen LogP contribution in [0.4, 0.5) is 0 Å². The van der Waals surface area contributed by atoms with Crippen molar-refractivity contribution >= 4 is 15.8 Å². The van der Waals surface area contributed by atoms with Crippen LogP contribution < -0.4 is 0 Å². The number of carbonyl (C=O) groups excluding carboxylic acids is 1. The predicted octanol–water partition coefficient (Wildman–Crippen LogP) is 2.08. The van der Waals surface area contributed by atoms with Crippen LogP contribution in [0.1, 0.15) is 35.2 Å². The lowest BCUT2D eigenvalue weighted by molar-refractivity contribution is 0.101. The van der Waals surface area contributed by atoms with E-state index in [1.807, 2.05) is 13.0 Å². The Balaban J connectivity index is 1.71. The number of sulfonamides is 1. The van der Waals surface area contributed by atoms with E-state index in [-0.39, 0.29) is 10.7 Å². The molecule has 1 aliphatic heterocycles. The Hall–Kier alpha value is -2.03. The lowest BCUT2D eigenvalue weighted by atomic mass is 10.2. The van der Waals surface area contributed by atoms with Crippen LogP contribution in [0.25, 0.3) is 0 Å². The number of nitrogens with zero attached hydrogens (tertiary/aromatic N) is 3. The summed E-state index contributed by atoms with van der Waals surface area (Å²) < 4.78 is 32.5. The van der Waals surface area contributed by atoms with E-state index in [4.69, 9.17) is 4.52 Å². The molecular weight excluding hydrogens is 354 g/mol. The molecule has 0 spiro atoms. The van der Waals surface area contributed by atoms with Crippen molar-refractivity contribution in [2.75, 3.05) is 26.2 Å². The van der Waals surface area contributed by atoms with Gasteiger partial charge in [0.15, 0.2) is 5.78 Å². The highest BCUT2D eigenvalue weighted by molar-refractivity contribution is 7.89. The summed E-state index contributed by atoms with van der Waals surface area (Å²) in [6.45, 7) is 6.21. The Labute approximate surface area is 153 Å². The Bertz CT molecular complexity index is 891. The number of rotatable bonds is 5.